The average Bonchev–Trinajstić information content (AvgIpc) is 3.26. The van der Waals surface area contributed by atoms with E-state index in [-0.39, 0.29) is 18.2 Å². The lowest BCUT2D eigenvalue weighted by atomic mass is 10.1. The van der Waals surface area contributed by atoms with Crippen LogP contribution in [0.4, 0.5) is 17.3 Å². The van der Waals surface area contributed by atoms with Crippen molar-refractivity contribution in [2.45, 2.75) is 34.9 Å². The van der Waals surface area contributed by atoms with E-state index in [1.165, 1.54) is 25.2 Å². The molecule has 166 valence electrons. The van der Waals surface area contributed by atoms with Crippen LogP contribution in [0.3, 0.4) is 0 Å². The number of thioether (sulfide) groups is 1. The number of nitrogens with zero attached hydrogens (tertiary/aromatic N) is 3. The van der Waals surface area contributed by atoms with E-state index in [2.05, 4.69) is 15.3 Å². The van der Waals surface area contributed by atoms with Crippen LogP contribution in [-0.4, -0.2) is 68.6 Å². The van der Waals surface area contributed by atoms with E-state index in [1.54, 1.807) is 24.3 Å². The summed E-state index contributed by atoms with van der Waals surface area (Å²) in [5, 5.41) is 12.9. The Balaban J connectivity index is 1.49. The minimum Gasteiger partial charge on any atom is -0.508 e. The number of hydrogen-bond donors (Lipinski definition) is 5. The number of rotatable bonds is 4. The third kappa shape index (κ3) is 3.77. The standard InChI is InChI=1S/C17H20N5O7PS/c1-26-13-12-10(6-27-30(24,25)29-12)28-16(13)22-15-11(14(18)19-7-20-15)21-17(22)31-9-4-2-8(23)3-5-9/h2-5,7,10,12-13,16-17,21,24-25H,6H2,1H3,(H2-,18,19,20,23)/p+1/t10-,12-,13?,16?,17?/m1/s1. The van der Waals surface area contributed by atoms with Crippen molar-refractivity contribution in [1.29, 1.82) is 0 Å². The first kappa shape index (κ1) is 20.9. The summed E-state index contributed by atoms with van der Waals surface area (Å²) in [6, 6.07) is 6.76. The van der Waals surface area contributed by atoms with E-state index in [0.717, 1.165) is 4.90 Å². The molecule has 3 aliphatic rings. The van der Waals surface area contributed by atoms with Gasteiger partial charge in [-0.25, -0.2) is 9.97 Å². The fourth-order valence-corrected chi connectivity index (χ4v) is 5.86. The molecule has 5 atom stereocenters. The summed E-state index contributed by atoms with van der Waals surface area (Å²) in [4.78, 5) is 30.9. The van der Waals surface area contributed by atoms with E-state index in [9.17, 15) is 14.9 Å². The van der Waals surface area contributed by atoms with Gasteiger partial charge in [0.25, 0.3) is 0 Å². The highest BCUT2D eigenvalue weighted by Crippen LogP contribution is 2.59. The minimum atomic E-state index is -3.93. The number of ether oxygens (including phenoxy) is 2. The Bertz CT molecular complexity index is 970. The molecule has 14 heteroatoms. The van der Waals surface area contributed by atoms with E-state index >= 15 is 0 Å². The molecule has 1 aromatic carbocycles. The monoisotopic (exact) mass is 470 g/mol. The zero-order chi connectivity index (χ0) is 21.8. The van der Waals surface area contributed by atoms with Crippen molar-refractivity contribution in [2.75, 3.05) is 29.7 Å². The van der Waals surface area contributed by atoms with Gasteiger partial charge in [0.15, 0.2) is 29.5 Å². The molecule has 5 rings (SSSR count). The number of aromatic nitrogens is 2. The van der Waals surface area contributed by atoms with E-state index in [1.807, 2.05) is 4.90 Å². The smallest absolute Gasteiger partial charge is 0.508 e. The first-order valence-electron chi connectivity index (χ1n) is 9.33. The molecule has 0 aliphatic carbocycles. The normalized spacial score (nSPS) is 31.2. The van der Waals surface area contributed by atoms with Crippen LogP contribution in [0.2, 0.25) is 0 Å². The van der Waals surface area contributed by atoms with Crippen LogP contribution in [0, 0.1) is 0 Å². The van der Waals surface area contributed by atoms with Gasteiger partial charge in [-0.05, 0) is 24.3 Å². The molecular formula is C17H21N5O7PS+. The molecule has 3 unspecified atom stereocenters. The van der Waals surface area contributed by atoms with Crippen LogP contribution in [0.5, 0.6) is 5.75 Å². The maximum atomic E-state index is 9.87. The van der Waals surface area contributed by atoms with Crippen LogP contribution in [0.25, 0.3) is 0 Å². The first-order valence-corrected chi connectivity index (χ1v) is 11.7. The van der Waals surface area contributed by atoms with Gasteiger partial charge in [0, 0.05) is 12.0 Å². The number of nitrogens with two attached hydrogens (primary N) is 1. The van der Waals surface area contributed by atoms with Crippen LogP contribution >= 0.6 is 19.9 Å². The lowest BCUT2D eigenvalue weighted by Crippen LogP contribution is -2.49. The van der Waals surface area contributed by atoms with Crippen molar-refractivity contribution in [1.82, 2.24) is 9.97 Å². The SMILES string of the molecule is COC1C(N2c3ncnc(N)c3NC2Sc2ccc(O)cc2)O[C@@H]2CO[P+](O)(O)O[C@@H]12. The summed E-state index contributed by atoms with van der Waals surface area (Å²) >= 11 is 1.45. The Labute approximate surface area is 182 Å². The molecule has 12 nitrogen and oxygen atoms in total. The predicted molar refractivity (Wildman–Crippen MR) is 112 cm³/mol. The number of nitrogens with one attached hydrogen (secondary N) is 1. The van der Waals surface area contributed by atoms with E-state index in [4.69, 9.17) is 24.3 Å². The quantitative estimate of drug-likeness (QED) is 0.400. The van der Waals surface area contributed by atoms with Crippen LogP contribution in [-0.2, 0) is 18.5 Å². The second-order valence-corrected chi connectivity index (χ2v) is 9.70. The molecule has 3 aliphatic heterocycles. The average molecular weight is 470 g/mol. The van der Waals surface area contributed by atoms with Crippen LogP contribution in [0.1, 0.15) is 0 Å². The number of anilines is 3. The number of nitrogen functional groups attached to an aromatic ring is 1. The molecule has 0 saturated carbocycles. The van der Waals surface area contributed by atoms with Crippen molar-refractivity contribution in [3.05, 3.63) is 30.6 Å². The summed E-state index contributed by atoms with van der Waals surface area (Å²) in [6.45, 7) is -0.0440. The van der Waals surface area contributed by atoms with Gasteiger partial charge in [0.2, 0.25) is 0 Å². The lowest BCUT2D eigenvalue weighted by Gasteiger charge is -2.33. The van der Waals surface area contributed by atoms with Crippen molar-refractivity contribution in [3.8, 4) is 5.75 Å². The number of phenolic OH excluding ortho intramolecular Hbond substituents is 1. The van der Waals surface area contributed by atoms with E-state index < -0.39 is 38.2 Å². The predicted octanol–water partition coefficient (Wildman–Crippen LogP) is 0.890. The molecule has 2 aromatic rings. The molecule has 0 amide bonds. The van der Waals surface area contributed by atoms with Gasteiger partial charge in [0.1, 0.15) is 36.6 Å². The maximum absolute atomic E-state index is 9.87. The van der Waals surface area contributed by atoms with Gasteiger partial charge >= 0.3 is 8.17 Å². The van der Waals surface area contributed by atoms with E-state index in [0.29, 0.717) is 11.5 Å². The third-order valence-corrected chi connectivity index (χ3v) is 7.32. The Hall–Kier alpha value is -1.96. The van der Waals surface area contributed by atoms with Crippen molar-refractivity contribution in [3.63, 3.8) is 0 Å². The molecule has 0 spiro atoms. The van der Waals surface area contributed by atoms with Crippen molar-refractivity contribution in [2.24, 2.45) is 0 Å². The molecule has 6 N–H and O–H groups in total. The number of fused-ring (bicyclic) bond motifs is 2. The number of aromatic hydroxyl groups is 1. The van der Waals surface area contributed by atoms with Crippen LogP contribution < -0.4 is 16.0 Å². The highest BCUT2D eigenvalue weighted by molar-refractivity contribution is 8.00. The highest BCUT2D eigenvalue weighted by atomic mass is 32.2. The first-order chi connectivity index (χ1) is 14.9. The zero-order valence-corrected chi connectivity index (χ0v) is 17.9. The molecule has 1 aromatic heterocycles. The van der Waals surface area contributed by atoms with Gasteiger partial charge in [-0.3, -0.25) is 4.90 Å². The Morgan fingerprint density at radius 3 is 2.81 bits per heavy atom. The number of methoxy groups -OCH3 is 1. The topological polar surface area (TPSA) is 165 Å². The summed E-state index contributed by atoms with van der Waals surface area (Å²) in [5.74, 6) is 0.964. The maximum Gasteiger partial charge on any atom is 0.570 e. The molecule has 2 fully saturated rings. The zero-order valence-electron chi connectivity index (χ0n) is 16.2. The molecule has 4 heterocycles. The van der Waals surface area contributed by atoms with Crippen molar-refractivity contribution >= 4 is 37.3 Å². The Kier molecular flexibility index (Phi) is 5.31. The molecule has 31 heavy (non-hydrogen) atoms. The largest absolute Gasteiger partial charge is 0.570 e. The lowest BCUT2D eigenvalue weighted by molar-refractivity contribution is -0.0681. The number of benzene rings is 1. The fourth-order valence-electron chi connectivity index (χ4n) is 3.83. The Morgan fingerprint density at radius 2 is 2.06 bits per heavy atom. The minimum absolute atomic E-state index is 0.0440. The van der Waals surface area contributed by atoms with Gasteiger partial charge in [0.05, 0.1) is 0 Å². The van der Waals surface area contributed by atoms with Gasteiger partial charge < -0.3 is 25.6 Å². The summed E-state index contributed by atoms with van der Waals surface area (Å²) in [7, 11) is -2.43. The molecular weight excluding hydrogens is 449 g/mol. The fraction of sp³-hybridized carbons (Fsp3) is 0.412. The van der Waals surface area contributed by atoms with Gasteiger partial charge in [-0.15, -0.1) is 4.52 Å². The van der Waals surface area contributed by atoms with Crippen molar-refractivity contribution < 1.29 is 33.4 Å². The second kappa shape index (κ2) is 7.87. The number of hydrogen-bond acceptors (Lipinski definition) is 13. The number of phenols is 1. The Morgan fingerprint density at radius 1 is 1.29 bits per heavy atom. The summed E-state index contributed by atoms with van der Waals surface area (Å²) < 4.78 is 22.2. The molecule has 0 bridgehead atoms. The van der Waals surface area contributed by atoms with Crippen LogP contribution in [0.15, 0.2) is 35.5 Å². The van der Waals surface area contributed by atoms with Gasteiger partial charge in [-0.1, -0.05) is 11.8 Å². The summed E-state index contributed by atoms with van der Waals surface area (Å²) in [5.41, 5.74) is 6.21. The summed E-state index contributed by atoms with van der Waals surface area (Å²) in [6.07, 6.45) is -1.31. The second-order valence-electron chi connectivity index (χ2n) is 7.10. The molecule has 2 saturated heterocycles. The molecule has 0 radical (unpaired) electrons. The highest BCUT2D eigenvalue weighted by Gasteiger charge is 2.62. The van der Waals surface area contributed by atoms with Gasteiger partial charge in [-0.2, -0.15) is 14.3 Å². The third-order valence-electron chi connectivity index (χ3n) is 5.20.